The van der Waals surface area contributed by atoms with Crippen LogP contribution in [0.3, 0.4) is 0 Å². The molecule has 0 saturated carbocycles. The van der Waals surface area contributed by atoms with E-state index in [0.29, 0.717) is 11.8 Å². The lowest BCUT2D eigenvalue weighted by Crippen LogP contribution is -2.33. The fraction of sp³-hybridized carbons (Fsp3) is 0.667. The number of aromatic nitrogens is 1. The number of likely N-dealkylation sites (tertiary alicyclic amines) is 1. The van der Waals surface area contributed by atoms with Gasteiger partial charge in [-0.25, -0.2) is 4.79 Å². The zero-order valence-corrected chi connectivity index (χ0v) is 12.4. The van der Waals surface area contributed by atoms with Crippen molar-refractivity contribution < 1.29 is 14.3 Å². The highest BCUT2D eigenvalue weighted by Crippen LogP contribution is 2.29. The average Bonchev–Trinajstić information content (AvgIpc) is 2.80. The maximum atomic E-state index is 11.4. The van der Waals surface area contributed by atoms with E-state index in [0.717, 1.165) is 31.0 Å². The van der Waals surface area contributed by atoms with Crippen LogP contribution in [-0.4, -0.2) is 49.2 Å². The first-order valence-corrected chi connectivity index (χ1v) is 7.50. The van der Waals surface area contributed by atoms with Crippen molar-refractivity contribution in [3.8, 4) is 5.19 Å². The number of nitrogens with zero attached hydrogens (tertiary/aromatic N) is 2. The van der Waals surface area contributed by atoms with E-state index >= 15 is 0 Å². The number of rotatable bonds is 5. The third-order valence-electron chi connectivity index (χ3n) is 3.02. The monoisotopic (exact) mass is 304 g/mol. The Hall–Kier alpha value is -0.850. The Kier molecular flexibility index (Phi) is 5.42. The predicted molar refractivity (Wildman–Crippen MR) is 74.2 cm³/mol. The van der Waals surface area contributed by atoms with Crippen molar-refractivity contribution in [2.75, 3.05) is 33.4 Å². The van der Waals surface area contributed by atoms with E-state index in [9.17, 15) is 4.79 Å². The Morgan fingerprint density at radius 3 is 2.84 bits per heavy atom. The van der Waals surface area contributed by atoms with Crippen molar-refractivity contribution in [1.29, 1.82) is 0 Å². The molecule has 0 N–H and O–H groups in total. The molecule has 0 unspecified atom stereocenters. The van der Waals surface area contributed by atoms with Crippen LogP contribution in [0.1, 0.15) is 28.9 Å². The van der Waals surface area contributed by atoms with Crippen molar-refractivity contribution in [2.45, 2.75) is 19.3 Å². The topological polar surface area (TPSA) is 51.7 Å². The molecule has 0 bridgehead atoms. The second-order valence-corrected chi connectivity index (χ2v) is 5.66. The molecule has 0 aliphatic carbocycles. The molecule has 0 aromatic carbocycles. The summed E-state index contributed by atoms with van der Waals surface area (Å²) in [6.07, 6.45) is 3.84. The molecular formula is C12H17ClN2O3S. The van der Waals surface area contributed by atoms with Crippen LogP contribution in [0.2, 0.25) is 5.15 Å². The number of carbonyl (C=O) groups is 1. The highest BCUT2D eigenvalue weighted by Gasteiger charge is 2.18. The van der Waals surface area contributed by atoms with E-state index < -0.39 is 5.97 Å². The van der Waals surface area contributed by atoms with Crippen LogP contribution in [0.25, 0.3) is 0 Å². The van der Waals surface area contributed by atoms with Gasteiger partial charge in [0.2, 0.25) is 0 Å². The fourth-order valence-corrected chi connectivity index (χ4v) is 3.08. The summed E-state index contributed by atoms with van der Waals surface area (Å²) in [6, 6.07) is 0. The van der Waals surface area contributed by atoms with Crippen LogP contribution in [0, 0.1) is 0 Å². The van der Waals surface area contributed by atoms with Crippen LogP contribution in [-0.2, 0) is 4.74 Å². The van der Waals surface area contributed by atoms with Gasteiger partial charge in [-0.15, -0.1) is 0 Å². The number of esters is 1. The number of carbonyl (C=O) groups excluding carboxylic acids is 1. The standard InChI is InChI=1S/C12H17ClN2O3S/c1-17-11(16)9-10(13)14-12(19-9)18-8-7-15-5-3-2-4-6-15/h2-8H2,1H3. The normalized spacial score (nSPS) is 16.3. The van der Waals surface area contributed by atoms with Gasteiger partial charge < -0.3 is 9.47 Å². The van der Waals surface area contributed by atoms with Gasteiger partial charge in [0, 0.05) is 6.54 Å². The molecule has 1 fully saturated rings. The Morgan fingerprint density at radius 1 is 1.42 bits per heavy atom. The van der Waals surface area contributed by atoms with E-state index in [1.54, 1.807) is 0 Å². The lowest BCUT2D eigenvalue weighted by atomic mass is 10.1. The van der Waals surface area contributed by atoms with Gasteiger partial charge in [-0.05, 0) is 25.9 Å². The van der Waals surface area contributed by atoms with Crippen molar-refractivity contribution in [2.24, 2.45) is 0 Å². The molecule has 0 radical (unpaired) electrons. The Morgan fingerprint density at radius 2 is 2.16 bits per heavy atom. The zero-order chi connectivity index (χ0) is 13.7. The first-order valence-electron chi connectivity index (χ1n) is 6.30. The Balaban J connectivity index is 1.81. The molecule has 1 saturated heterocycles. The number of hydrogen-bond donors (Lipinski definition) is 0. The van der Waals surface area contributed by atoms with Crippen molar-refractivity contribution in [1.82, 2.24) is 9.88 Å². The van der Waals surface area contributed by atoms with Crippen LogP contribution >= 0.6 is 22.9 Å². The quantitative estimate of drug-likeness (QED) is 0.782. The summed E-state index contributed by atoms with van der Waals surface area (Å²) in [5.74, 6) is -0.478. The minimum absolute atomic E-state index is 0.143. The molecule has 19 heavy (non-hydrogen) atoms. The molecule has 2 heterocycles. The highest BCUT2D eigenvalue weighted by molar-refractivity contribution is 7.15. The van der Waals surface area contributed by atoms with Crippen LogP contribution in [0.5, 0.6) is 5.19 Å². The number of methoxy groups -OCH3 is 1. The summed E-state index contributed by atoms with van der Waals surface area (Å²) < 4.78 is 10.2. The summed E-state index contributed by atoms with van der Waals surface area (Å²) in [5.41, 5.74) is 0. The van der Waals surface area contributed by atoms with Crippen LogP contribution < -0.4 is 4.74 Å². The van der Waals surface area contributed by atoms with Gasteiger partial charge >= 0.3 is 5.97 Å². The van der Waals surface area contributed by atoms with Crippen molar-refractivity contribution in [3.05, 3.63) is 10.0 Å². The van der Waals surface area contributed by atoms with E-state index in [1.165, 1.54) is 26.4 Å². The molecule has 1 aromatic rings. The van der Waals surface area contributed by atoms with Gasteiger partial charge in [0.25, 0.3) is 5.19 Å². The maximum Gasteiger partial charge on any atom is 0.351 e. The van der Waals surface area contributed by atoms with Gasteiger partial charge in [-0.1, -0.05) is 29.4 Å². The summed E-state index contributed by atoms with van der Waals surface area (Å²) in [5, 5.41) is 0.562. The SMILES string of the molecule is COC(=O)c1sc(OCCN2CCCCC2)nc1Cl. The van der Waals surface area contributed by atoms with Crippen LogP contribution in [0.4, 0.5) is 0 Å². The predicted octanol–water partition coefficient (Wildman–Crippen LogP) is 2.45. The maximum absolute atomic E-state index is 11.4. The fourth-order valence-electron chi connectivity index (χ4n) is 2.01. The van der Waals surface area contributed by atoms with Gasteiger partial charge in [0.05, 0.1) is 7.11 Å². The lowest BCUT2D eigenvalue weighted by Gasteiger charge is -2.25. The third kappa shape index (κ3) is 4.06. The third-order valence-corrected chi connectivity index (χ3v) is 4.35. The van der Waals surface area contributed by atoms with Crippen molar-refractivity contribution in [3.63, 3.8) is 0 Å². The molecule has 0 spiro atoms. The van der Waals surface area contributed by atoms with E-state index in [4.69, 9.17) is 16.3 Å². The molecule has 7 heteroatoms. The second-order valence-electron chi connectivity index (χ2n) is 4.34. The largest absolute Gasteiger partial charge is 0.469 e. The summed E-state index contributed by atoms with van der Waals surface area (Å²) in [6.45, 7) is 3.71. The molecule has 0 atom stereocenters. The molecule has 1 aliphatic heterocycles. The number of halogens is 1. The van der Waals surface area contributed by atoms with Gasteiger partial charge in [-0.3, -0.25) is 4.90 Å². The average molecular weight is 305 g/mol. The first-order chi connectivity index (χ1) is 9.20. The van der Waals surface area contributed by atoms with Crippen molar-refractivity contribution >= 4 is 28.9 Å². The first kappa shape index (κ1) is 14.6. The summed E-state index contributed by atoms with van der Waals surface area (Å²) in [4.78, 5) is 18.0. The Labute approximate surface area is 121 Å². The summed E-state index contributed by atoms with van der Waals surface area (Å²) in [7, 11) is 1.31. The smallest absolute Gasteiger partial charge is 0.351 e. The number of hydrogen-bond acceptors (Lipinski definition) is 6. The molecule has 1 aromatic heterocycles. The van der Waals surface area contributed by atoms with Gasteiger partial charge in [-0.2, -0.15) is 4.98 Å². The van der Waals surface area contributed by atoms with E-state index in [-0.39, 0.29) is 10.0 Å². The number of thiazole rings is 1. The van der Waals surface area contributed by atoms with Gasteiger partial charge in [0.15, 0.2) is 10.0 Å². The van der Waals surface area contributed by atoms with E-state index in [2.05, 4.69) is 14.6 Å². The highest BCUT2D eigenvalue weighted by atomic mass is 35.5. The zero-order valence-electron chi connectivity index (χ0n) is 10.9. The minimum atomic E-state index is -0.478. The second kappa shape index (κ2) is 7.07. The number of piperidine rings is 1. The minimum Gasteiger partial charge on any atom is -0.469 e. The molecule has 106 valence electrons. The molecule has 1 aliphatic rings. The lowest BCUT2D eigenvalue weighted by molar-refractivity contribution is 0.0606. The van der Waals surface area contributed by atoms with Gasteiger partial charge in [0.1, 0.15) is 6.61 Å². The molecular weight excluding hydrogens is 288 g/mol. The van der Waals surface area contributed by atoms with Crippen LogP contribution in [0.15, 0.2) is 0 Å². The molecule has 2 rings (SSSR count). The summed E-state index contributed by atoms with van der Waals surface area (Å²) >= 11 is 6.97. The molecule has 5 nitrogen and oxygen atoms in total. The Bertz CT molecular complexity index is 433. The molecule has 0 amide bonds. The number of ether oxygens (including phenoxy) is 2. The van der Waals surface area contributed by atoms with E-state index in [1.807, 2.05) is 0 Å².